The van der Waals surface area contributed by atoms with Crippen molar-refractivity contribution in [1.82, 2.24) is 25.3 Å². The van der Waals surface area contributed by atoms with E-state index in [1.54, 1.807) is 46.4 Å². The van der Waals surface area contributed by atoms with Gasteiger partial charge in [-0.25, -0.2) is 0 Å². The van der Waals surface area contributed by atoms with E-state index in [9.17, 15) is 9.59 Å². The Morgan fingerprint density at radius 3 is 1.86 bits per heavy atom. The molecule has 1 heterocycles. The average Bonchev–Trinajstić information content (AvgIpc) is 2.86. The zero-order valence-electron chi connectivity index (χ0n) is 26.2. The number of carbonyl (C=O) groups is 2. The summed E-state index contributed by atoms with van der Waals surface area (Å²) < 4.78 is 18.9. The Morgan fingerprint density at radius 2 is 1.36 bits per heavy atom. The molecule has 0 fully saturated rings. The summed E-state index contributed by atoms with van der Waals surface area (Å²) in [6.45, 7) is 11.2. The molecule has 0 spiro atoms. The summed E-state index contributed by atoms with van der Waals surface area (Å²) in [6, 6.07) is 14.1. The third kappa shape index (κ3) is 11.3. The van der Waals surface area contributed by atoms with Crippen LogP contribution >= 0.6 is 0 Å². The fraction of sp³-hybridized carbons (Fsp3) is 0.484. The van der Waals surface area contributed by atoms with Crippen LogP contribution in [-0.4, -0.2) is 79.9 Å². The van der Waals surface area contributed by atoms with E-state index in [0.717, 1.165) is 11.1 Å². The van der Waals surface area contributed by atoms with Crippen LogP contribution in [0.1, 0.15) is 52.7 Å². The van der Waals surface area contributed by atoms with E-state index < -0.39 is 41.5 Å². The van der Waals surface area contributed by atoms with Crippen LogP contribution in [0.2, 0.25) is 14.8 Å². The third-order valence-electron chi connectivity index (χ3n) is 5.89. The standard InChI is InChI=1S/C28H34N5O5.3CH3.Sn/c1-27(2,3)37-24(34)16-33(17-25(35)38-28(4,5)6)15-22-13-12-21(26-31-29-19-30-32-26)14-23(22)36-18-20-10-8-7-9-11-20;;;;/h8-14,19H,15-18H2,1-6H3;3*1H3;. The molecule has 0 saturated heterocycles. The van der Waals surface area contributed by atoms with Gasteiger partial charge in [0.05, 0.1) is 0 Å². The van der Waals surface area contributed by atoms with E-state index in [4.69, 9.17) is 14.2 Å². The second-order valence-electron chi connectivity index (χ2n) is 13.2. The van der Waals surface area contributed by atoms with Crippen LogP contribution in [0.15, 0.2) is 48.8 Å². The van der Waals surface area contributed by atoms with Gasteiger partial charge in [-0.1, -0.05) is 0 Å². The van der Waals surface area contributed by atoms with Crippen LogP contribution in [0.25, 0.3) is 11.4 Å². The first-order chi connectivity index (χ1) is 19.5. The molecule has 0 aliphatic rings. The van der Waals surface area contributed by atoms with Crippen molar-refractivity contribution in [2.45, 2.75) is 80.7 Å². The Morgan fingerprint density at radius 1 is 0.810 bits per heavy atom. The second kappa shape index (κ2) is 13.9. The van der Waals surface area contributed by atoms with Gasteiger partial charge in [-0.2, -0.15) is 0 Å². The Bertz CT molecular complexity index is 1320. The summed E-state index contributed by atoms with van der Waals surface area (Å²) in [6.07, 6.45) is 1.27. The van der Waals surface area contributed by atoms with Gasteiger partial charge in [0.25, 0.3) is 0 Å². The van der Waals surface area contributed by atoms with Crippen LogP contribution in [-0.2, 0) is 32.2 Å². The minimum absolute atomic E-state index is 0.104. The predicted octanol–water partition coefficient (Wildman–Crippen LogP) is 4.54. The van der Waals surface area contributed by atoms with E-state index in [-0.39, 0.29) is 19.6 Å². The molecule has 0 saturated carbocycles. The molecule has 0 amide bonds. The molecule has 1 aromatic heterocycles. The zero-order chi connectivity index (χ0) is 31.1. The van der Waals surface area contributed by atoms with E-state index >= 15 is 0 Å². The van der Waals surface area contributed by atoms with Crippen molar-refractivity contribution in [3.63, 3.8) is 0 Å². The molecule has 226 valence electrons. The second-order valence-corrected chi connectivity index (χ2v) is 27.7. The number of esters is 2. The first-order valence-electron chi connectivity index (χ1n) is 14.0. The molecule has 3 rings (SSSR count). The van der Waals surface area contributed by atoms with Crippen molar-refractivity contribution in [3.8, 4) is 17.1 Å². The normalized spacial score (nSPS) is 12.2. The van der Waals surface area contributed by atoms with Gasteiger partial charge in [-0.15, -0.1) is 0 Å². The number of aromatic nitrogens is 4. The Hall–Kier alpha value is -3.12. The van der Waals surface area contributed by atoms with Crippen molar-refractivity contribution in [2.24, 2.45) is 0 Å². The summed E-state index contributed by atoms with van der Waals surface area (Å²) in [5, 5.41) is 15.8. The molecule has 11 heteroatoms. The molecule has 0 N–H and O–H groups in total. The summed E-state index contributed by atoms with van der Waals surface area (Å²) in [4.78, 5) is 34.4. The monoisotopic (exact) mass is 685 g/mol. The number of benzene rings is 2. The Kier molecular flexibility index (Phi) is 11.0. The van der Waals surface area contributed by atoms with Gasteiger partial charge in [0.2, 0.25) is 0 Å². The van der Waals surface area contributed by atoms with E-state index in [1.165, 1.54) is 9.91 Å². The van der Waals surface area contributed by atoms with Crippen LogP contribution in [0.4, 0.5) is 0 Å². The fourth-order valence-electron chi connectivity index (χ4n) is 4.06. The van der Waals surface area contributed by atoms with Gasteiger partial charge >= 0.3 is 176 Å². The van der Waals surface area contributed by atoms with Crippen molar-refractivity contribution in [3.05, 3.63) is 59.9 Å². The summed E-state index contributed by atoms with van der Waals surface area (Å²) in [5.41, 5.74) is 1.16. The van der Waals surface area contributed by atoms with Gasteiger partial charge in [0.1, 0.15) is 11.2 Å². The topological polar surface area (TPSA) is 117 Å². The summed E-state index contributed by atoms with van der Waals surface area (Å²) in [5.74, 6) is 0.0428. The predicted molar refractivity (Wildman–Crippen MR) is 164 cm³/mol. The van der Waals surface area contributed by atoms with Crippen LogP contribution < -0.4 is 8.32 Å². The minimum atomic E-state index is -2.17. The molecule has 0 aliphatic carbocycles. The molecule has 10 nitrogen and oxygen atoms in total. The zero-order valence-corrected chi connectivity index (χ0v) is 29.1. The van der Waals surface area contributed by atoms with Gasteiger partial charge < -0.3 is 9.47 Å². The molecular formula is C31H43N5O5Sn. The molecule has 0 aliphatic heterocycles. The maximum atomic E-state index is 12.8. The number of carbonyl (C=O) groups excluding carboxylic acids is 2. The number of hydrogen-bond donors (Lipinski definition) is 0. The molecule has 3 aromatic rings. The fourth-order valence-corrected chi connectivity index (χ4v) is 7.39. The van der Waals surface area contributed by atoms with Crippen molar-refractivity contribution in [2.75, 3.05) is 13.1 Å². The van der Waals surface area contributed by atoms with E-state index in [0.29, 0.717) is 23.7 Å². The van der Waals surface area contributed by atoms with Crippen molar-refractivity contribution >= 4 is 33.9 Å². The van der Waals surface area contributed by atoms with Gasteiger partial charge in [-0.05, 0) is 41.5 Å². The first kappa shape index (κ1) is 33.4. The van der Waals surface area contributed by atoms with Gasteiger partial charge in [0, 0.05) is 0 Å². The quantitative estimate of drug-likeness (QED) is 0.211. The van der Waals surface area contributed by atoms with Crippen molar-refractivity contribution in [1.29, 1.82) is 0 Å². The number of hydrogen-bond acceptors (Lipinski definition) is 10. The van der Waals surface area contributed by atoms with Gasteiger partial charge in [0.15, 0.2) is 6.33 Å². The third-order valence-corrected chi connectivity index (χ3v) is 11.8. The van der Waals surface area contributed by atoms with E-state index in [1.807, 2.05) is 18.2 Å². The number of nitrogens with zero attached hydrogens (tertiary/aromatic N) is 5. The van der Waals surface area contributed by atoms with Crippen molar-refractivity contribution < 1.29 is 23.8 Å². The number of ether oxygens (including phenoxy) is 3. The molecule has 0 unspecified atom stereocenters. The molecule has 0 atom stereocenters. The SMILES string of the molecule is CC(C)(C)OC(=O)CN(CC(=O)OC(C)(C)C)Cc1ccc(-c2nncnn2)cc1OCc1cc[c]([Sn]([CH3])([CH3])[CH3])cc1. The summed E-state index contributed by atoms with van der Waals surface area (Å²) in [7, 11) is 0. The average molecular weight is 684 g/mol. The Balaban J connectivity index is 1.91. The van der Waals surface area contributed by atoms with Crippen LogP contribution in [0.3, 0.4) is 0 Å². The molecular weight excluding hydrogens is 641 g/mol. The first-order valence-corrected chi connectivity index (χ1v) is 24.0. The molecule has 0 radical (unpaired) electrons. The maximum absolute atomic E-state index is 12.8. The van der Waals surface area contributed by atoms with Crippen LogP contribution in [0, 0.1) is 0 Å². The molecule has 42 heavy (non-hydrogen) atoms. The van der Waals surface area contributed by atoms with E-state index in [2.05, 4.69) is 59.5 Å². The van der Waals surface area contributed by atoms with Crippen LogP contribution in [0.5, 0.6) is 5.75 Å². The molecule has 2 aromatic carbocycles. The number of rotatable bonds is 11. The Labute approximate surface area is 253 Å². The van der Waals surface area contributed by atoms with Gasteiger partial charge in [-0.3, -0.25) is 9.59 Å². The summed E-state index contributed by atoms with van der Waals surface area (Å²) >= 11 is -2.17. The molecule has 0 bridgehead atoms.